The molecule has 1 aromatic carbocycles. The summed E-state index contributed by atoms with van der Waals surface area (Å²) in [7, 11) is 0. The van der Waals surface area contributed by atoms with Gasteiger partial charge in [-0.1, -0.05) is 15.9 Å². The first-order valence-electron chi connectivity index (χ1n) is 4.02. The van der Waals surface area contributed by atoms with E-state index in [1.165, 1.54) is 13.0 Å². The van der Waals surface area contributed by atoms with Crippen LogP contribution in [0.1, 0.15) is 17.3 Å². The molecule has 1 unspecified atom stereocenters. The number of carbonyl (C=O) groups excluding carboxylic acids is 1. The number of Topliss-reactive ketones (excluding diaryl/α,β-unsaturated/α-hetero) is 1. The van der Waals surface area contributed by atoms with E-state index in [1.54, 1.807) is 12.1 Å². The van der Waals surface area contributed by atoms with Gasteiger partial charge in [-0.2, -0.15) is 0 Å². The van der Waals surface area contributed by atoms with Gasteiger partial charge in [0.2, 0.25) is 0 Å². The van der Waals surface area contributed by atoms with Crippen LogP contribution in [0, 0.1) is 13.7 Å². The van der Waals surface area contributed by atoms with Crippen LogP contribution in [0.5, 0.6) is 0 Å². The Hall–Kier alpha value is -0.500. The topological polar surface area (TPSA) is 60.2 Å². The summed E-state index contributed by atoms with van der Waals surface area (Å²) in [5.74, 6) is -0.153. The molecule has 80 valence electrons. The number of hydrogen-bond acceptors (Lipinski definition) is 3. The molecular formula is C9H7BrINO3. The van der Waals surface area contributed by atoms with E-state index in [2.05, 4.69) is 15.9 Å². The Morgan fingerprint density at radius 3 is 2.67 bits per heavy atom. The molecule has 0 amide bonds. The quantitative estimate of drug-likeness (QED) is 0.348. The first kappa shape index (κ1) is 12.6. The lowest BCUT2D eigenvalue weighted by atomic mass is 10.1. The number of alkyl halides is 1. The lowest BCUT2D eigenvalue weighted by Crippen LogP contribution is -2.05. The maximum absolute atomic E-state index is 11.2. The molecule has 1 aromatic rings. The van der Waals surface area contributed by atoms with Crippen molar-refractivity contribution in [1.82, 2.24) is 0 Å². The van der Waals surface area contributed by atoms with Crippen molar-refractivity contribution in [1.29, 1.82) is 0 Å². The number of rotatable bonds is 3. The van der Waals surface area contributed by atoms with Crippen LogP contribution in [0.25, 0.3) is 0 Å². The highest BCUT2D eigenvalue weighted by Gasteiger charge is 2.23. The molecular weight excluding hydrogens is 377 g/mol. The molecule has 0 aliphatic rings. The summed E-state index contributed by atoms with van der Waals surface area (Å²) >= 11 is 5.19. The fraction of sp³-hybridized carbons (Fsp3) is 0.222. The van der Waals surface area contributed by atoms with E-state index in [0.717, 1.165) is 3.57 Å². The Labute approximate surface area is 108 Å². The van der Waals surface area contributed by atoms with E-state index in [1.807, 2.05) is 22.6 Å². The monoisotopic (exact) mass is 383 g/mol. The number of ketones is 1. The summed E-state index contributed by atoms with van der Waals surface area (Å²) in [5, 5.41) is 10.7. The second-order valence-electron chi connectivity index (χ2n) is 2.93. The molecule has 6 heteroatoms. The van der Waals surface area contributed by atoms with Gasteiger partial charge in [-0.3, -0.25) is 14.9 Å². The molecule has 0 radical (unpaired) electrons. The fourth-order valence-electron chi connectivity index (χ4n) is 1.11. The van der Waals surface area contributed by atoms with E-state index in [-0.39, 0.29) is 11.5 Å². The summed E-state index contributed by atoms with van der Waals surface area (Å²) in [6.45, 7) is 1.39. The van der Waals surface area contributed by atoms with Crippen LogP contribution in [0.3, 0.4) is 0 Å². The van der Waals surface area contributed by atoms with Gasteiger partial charge in [0.1, 0.15) is 10.6 Å². The Morgan fingerprint density at radius 2 is 2.20 bits per heavy atom. The third-order valence-corrected chi connectivity index (χ3v) is 3.63. The molecule has 4 nitrogen and oxygen atoms in total. The average molecular weight is 384 g/mol. The predicted octanol–water partition coefficient (Wildman–Crippen LogP) is 3.22. The Balaban J connectivity index is 3.30. The molecule has 0 aliphatic heterocycles. The van der Waals surface area contributed by atoms with Crippen LogP contribution < -0.4 is 0 Å². The zero-order chi connectivity index (χ0) is 11.6. The molecule has 0 bridgehead atoms. The number of nitro benzene ring substituents is 1. The number of benzene rings is 1. The standard InChI is InChI=1S/C9H7BrINO3/c1-5(13)9(10)7-4-6(11)2-3-8(7)12(14)15/h2-4,9H,1H3. The summed E-state index contributed by atoms with van der Waals surface area (Å²) in [4.78, 5) is 20.8. The van der Waals surface area contributed by atoms with Crippen molar-refractivity contribution in [2.75, 3.05) is 0 Å². The van der Waals surface area contributed by atoms with Crippen molar-refractivity contribution in [3.05, 3.63) is 37.4 Å². The maximum Gasteiger partial charge on any atom is 0.274 e. The summed E-state index contributed by atoms with van der Waals surface area (Å²) in [6.07, 6.45) is 0. The van der Waals surface area contributed by atoms with Crippen molar-refractivity contribution in [3.8, 4) is 0 Å². The first-order valence-corrected chi connectivity index (χ1v) is 6.01. The van der Waals surface area contributed by atoms with Crippen molar-refractivity contribution in [2.24, 2.45) is 0 Å². The zero-order valence-corrected chi connectivity index (χ0v) is 11.5. The molecule has 0 saturated heterocycles. The molecule has 0 saturated carbocycles. The predicted molar refractivity (Wildman–Crippen MR) is 68.2 cm³/mol. The molecule has 1 rings (SSSR count). The van der Waals surface area contributed by atoms with E-state index in [0.29, 0.717) is 5.56 Å². The lowest BCUT2D eigenvalue weighted by molar-refractivity contribution is -0.385. The summed E-state index contributed by atoms with van der Waals surface area (Å²) < 4.78 is 0.860. The van der Waals surface area contributed by atoms with Gasteiger partial charge in [-0.15, -0.1) is 0 Å². The molecule has 0 heterocycles. The first-order chi connectivity index (χ1) is 6.93. The minimum atomic E-state index is -0.618. The van der Waals surface area contributed by atoms with Gasteiger partial charge in [-0.05, 0) is 41.6 Å². The maximum atomic E-state index is 11.2. The van der Waals surface area contributed by atoms with Crippen LogP contribution in [-0.4, -0.2) is 10.7 Å². The van der Waals surface area contributed by atoms with Gasteiger partial charge >= 0.3 is 0 Å². The van der Waals surface area contributed by atoms with Gasteiger partial charge in [0.15, 0.2) is 0 Å². The molecule has 15 heavy (non-hydrogen) atoms. The summed E-state index contributed by atoms with van der Waals surface area (Å²) in [6, 6.07) is 4.69. The number of nitro groups is 1. The van der Waals surface area contributed by atoms with Crippen molar-refractivity contribution in [3.63, 3.8) is 0 Å². The molecule has 0 spiro atoms. The highest BCUT2D eigenvalue weighted by atomic mass is 127. The molecule has 0 aromatic heterocycles. The minimum absolute atomic E-state index is 0.0347. The van der Waals surface area contributed by atoms with Crippen molar-refractivity contribution in [2.45, 2.75) is 11.8 Å². The van der Waals surface area contributed by atoms with Crippen LogP contribution in [0.2, 0.25) is 0 Å². The molecule has 0 fully saturated rings. The van der Waals surface area contributed by atoms with Gasteiger partial charge in [0.05, 0.1) is 10.5 Å². The highest BCUT2D eigenvalue weighted by Crippen LogP contribution is 2.32. The minimum Gasteiger partial charge on any atom is -0.298 e. The Bertz CT molecular complexity index is 422. The molecule has 0 N–H and O–H groups in total. The van der Waals surface area contributed by atoms with E-state index < -0.39 is 9.75 Å². The van der Waals surface area contributed by atoms with Crippen LogP contribution in [0.15, 0.2) is 18.2 Å². The zero-order valence-electron chi connectivity index (χ0n) is 7.74. The van der Waals surface area contributed by atoms with Crippen LogP contribution in [-0.2, 0) is 4.79 Å². The second-order valence-corrected chi connectivity index (χ2v) is 5.09. The number of nitrogens with zero attached hydrogens (tertiary/aromatic N) is 1. The van der Waals surface area contributed by atoms with Crippen molar-refractivity contribution >= 4 is 50.0 Å². The Kier molecular flexibility index (Phi) is 4.21. The lowest BCUT2D eigenvalue weighted by Gasteiger charge is -2.07. The SMILES string of the molecule is CC(=O)C(Br)c1cc(I)ccc1[N+](=O)[O-]. The van der Waals surface area contributed by atoms with Gasteiger partial charge in [0.25, 0.3) is 5.69 Å². The third-order valence-electron chi connectivity index (χ3n) is 1.82. The van der Waals surface area contributed by atoms with E-state index >= 15 is 0 Å². The normalized spacial score (nSPS) is 12.2. The van der Waals surface area contributed by atoms with Crippen LogP contribution in [0.4, 0.5) is 5.69 Å². The number of hydrogen-bond donors (Lipinski definition) is 0. The van der Waals surface area contributed by atoms with Crippen molar-refractivity contribution < 1.29 is 9.72 Å². The fourth-order valence-corrected chi connectivity index (χ4v) is 2.00. The molecule has 1 atom stereocenters. The van der Waals surface area contributed by atoms with Gasteiger partial charge in [-0.25, -0.2) is 0 Å². The highest BCUT2D eigenvalue weighted by molar-refractivity contribution is 14.1. The largest absolute Gasteiger partial charge is 0.298 e. The van der Waals surface area contributed by atoms with E-state index in [9.17, 15) is 14.9 Å². The number of halogens is 2. The Morgan fingerprint density at radius 1 is 1.60 bits per heavy atom. The van der Waals surface area contributed by atoms with Gasteiger partial charge in [0, 0.05) is 9.64 Å². The second kappa shape index (κ2) is 5.02. The third kappa shape index (κ3) is 2.97. The smallest absolute Gasteiger partial charge is 0.274 e. The molecule has 0 aliphatic carbocycles. The van der Waals surface area contributed by atoms with Crippen LogP contribution >= 0.6 is 38.5 Å². The summed E-state index contributed by atoms with van der Waals surface area (Å²) in [5.41, 5.74) is 0.367. The number of carbonyl (C=O) groups is 1. The average Bonchev–Trinajstić information content (AvgIpc) is 2.15. The van der Waals surface area contributed by atoms with Gasteiger partial charge < -0.3 is 0 Å². The van der Waals surface area contributed by atoms with E-state index in [4.69, 9.17) is 0 Å².